The van der Waals surface area contributed by atoms with Gasteiger partial charge >= 0.3 is 0 Å². The summed E-state index contributed by atoms with van der Waals surface area (Å²) < 4.78 is 25.2. The number of fused-ring (bicyclic) bond motifs is 5. The number of rotatable bonds is 3. The third-order valence-electron chi connectivity index (χ3n) is 5.27. The predicted octanol–water partition coefficient (Wildman–Crippen LogP) is 3.27. The first-order valence-electron chi connectivity index (χ1n) is 7.36. The molecule has 0 radical (unpaired) electrons. The van der Waals surface area contributed by atoms with Crippen molar-refractivity contribution in [3.63, 3.8) is 0 Å². The molecule has 4 atom stereocenters. The average Bonchev–Trinajstić information content (AvgIpc) is 2.95. The van der Waals surface area contributed by atoms with E-state index in [1.165, 1.54) is 25.5 Å². The van der Waals surface area contributed by atoms with Crippen molar-refractivity contribution in [2.45, 2.75) is 36.1 Å². The molecule has 3 nitrogen and oxygen atoms in total. The van der Waals surface area contributed by atoms with Gasteiger partial charge in [0.05, 0.1) is 5.56 Å². The lowest BCUT2D eigenvalue weighted by Gasteiger charge is -2.50. The van der Waals surface area contributed by atoms with E-state index in [4.69, 9.17) is 0 Å². The highest BCUT2D eigenvalue weighted by atomic mass is 32.2. The van der Waals surface area contributed by atoms with Crippen LogP contribution in [0.4, 0.5) is 8.78 Å². The van der Waals surface area contributed by atoms with Crippen LogP contribution in [0, 0.1) is 17.8 Å². The predicted molar refractivity (Wildman–Crippen MR) is 75.2 cm³/mol. The van der Waals surface area contributed by atoms with Crippen molar-refractivity contribution >= 4 is 17.7 Å². The summed E-state index contributed by atoms with van der Waals surface area (Å²) in [4.78, 5) is 18.5. The largest absolute Gasteiger partial charge is 0.335 e. The molecule has 0 aromatic carbocycles. The van der Waals surface area contributed by atoms with E-state index in [1.54, 1.807) is 12.1 Å². The van der Waals surface area contributed by atoms with E-state index in [9.17, 15) is 13.6 Å². The normalized spacial score (nSPS) is 33.2. The quantitative estimate of drug-likeness (QED) is 0.803. The molecular formula is C15H16F2N2OS. The first-order chi connectivity index (χ1) is 10.1. The van der Waals surface area contributed by atoms with E-state index in [0.29, 0.717) is 35.2 Å². The number of pyridine rings is 1. The number of nitrogens with zero attached hydrogens (tertiary/aromatic N) is 2. The zero-order valence-corrected chi connectivity index (χ0v) is 12.2. The Morgan fingerprint density at radius 3 is 2.95 bits per heavy atom. The van der Waals surface area contributed by atoms with Crippen LogP contribution in [0.2, 0.25) is 0 Å². The number of alkyl halides is 2. The molecule has 1 aliphatic heterocycles. The summed E-state index contributed by atoms with van der Waals surface area (Å²) >= 11 is 0.354. The highest BCUT2D eigenvalue weighted by Gasteiger charge is 2.57. The van der Waals surface area contributed by atoms with Gasteiger partial charge in [-0.1, -0.05) is 0 Å². The monoisotopic (exact) mass is 310 g/mol. The number of thioether (sulfide) groups is 1. The molecule has 3 aliphatic rings. The number of halogens is 2. The fourth-order valence-corrected chi connectivity index (χ4v) is 5.01. The maximum Gasteiger partial charge on any atom is 0.290 e. The van der Waals surface area contributed by atoms with Crippen molar-refractivity contribution in [2.24, 2.45) is 17.8 Å². The molecule has 6 heteroatoms. The molecule has 1 saturated heterocycles. The van der Waals surface area contributed by atoms with Crippen LogP contribution in [0.15, 0.2) is 23.4 Å². The fourth-order valence-electron chi connectivity index (χ4n) is 4.44. The molecule has 2 bridgehead atoms. The number of amides is 1. The summed E-state index contributed by atoms with van der Waals surface area (Å²) in [5.41, 5.74) is 0.323. The van der Waals surface area contributed by atoms with Gasteiger partial charge in [-0.05, 0) is 55.0 Å². The summed E-state index contributed by atoms with van der Waals surface area (Å²) in [7, 11) is 0. The molecule has 1 aromatic rings. The Hall–Kier alpha value is -1.17. The molecule has 1 aromatic heterocycles. The molecule has 2 heterocycles. The highest BCUT2D eigenvalue weighted by Crippen LogP contribution is 2.55. The molecule has 21 heavy (non-hydrogen) atoms. The third-order valence-corrected chi connectivity index (χ3v) is 6.00. The Balaban J connectivity index is 1.56. The number of carbonyl (C=O) groups is 1. The molecule has 0 spiro atoms. The smallest absolute Gasteiger partial charge is 0.290 e. The van der Waals surface area contributed by atoms with Crippen LogP contribution < -0.4 is 0 Å². The minimum absolute atomic E-state index is 0.125. The van der Waals surface area contributed by atoms with Crippen LogP contribution in [-0.4, -0.2) is 34.1 Å². The second-order valence-electron chi connectivity index (χ2n) is 6.18. The number of carbonyl (C=O) groups excluding carboxylic acids is 1. The Kier molecular flexibility index (Phi) is 3.17. The minimum Gasteiger partial charge on any atom is -0.335 e. The SMILES string of the molecule is O=C(c1cccnc1SC(F)F)N1CC2C3CCC(C3)C21. The van der Waals surface area contributed by atoms with Gasteiger partial charge in [-0.2, -0.15) is 8.78 Å². The van der Waals surface area contributed by atoms with Crippen LogP contribution in [-0.2, 0) is 0 Å². The lowest BCUT2D eigenvalue weighted by Crippen LogP contribution is -2.61. The molecule has 2 aliphatic carbocycles. The summed E-state index contributed by atoms with van der Waals surface area (Å²) in [6, 6.07) is 3.60. The number of likely N-dealkylation sites (tertiary alicyclic amines) is 1. The number of hydrogen-bond donors (Lipinski definition) is 0. The van der Waals surface area contributed by atoms with E-state index in [1.807, 2.05) is 4.90 Å². The van der Waals surface area contributed by atoms with Gasteiger partial charge in [0, 0.05) is 24.7 Å². The number of aromatic nitrogens is 1. The molecule has 112 valence electrons. The van der Waals surface area contributed by atoms with Crippen molar-refractivity contribution in [1.29, 1.82) is 0 Å². The van der Waals surface area contributed by atoms with Gasteiger partial charge in [0.25, 0.3) is 11.7 Å². The Morgan fingerprint density at radius 1 is 1.38 bits per heavy atom. The van der Waals surface area contributed by atoms with Gasteiger partial charge in [0.2, 0.25) is 0 Å². The van der Waals surface area contributed by atoms with Crippen molar-refractivity contribution in [2.75, 3.05) is 6.54 Å². The van der Waals surface area contributed by atoms with Crippen molar-refractivity contribution < 1.29 is 13.6 Å². The summed E-state index contributed by atoms with van der Waals surface area (Å²) in [6.45, 7) is 0.790. The van der Waals surface area contributed by atoms with Crippen LogP contribution in [0.3, 0.4) is 0 Å². The standard InChI is InChI=1S/C15H16F2N2OS/c16-15(17)21-13-10(2-1-5-18-13)14(20)19-7-11-8-3-4-9(6-8)12(11)19/h1-2,5,8-9,11-12,15H,3-4,6-7H2. The van der Waals surface area contributed by atoms with E-state index in [2.05, 4.69) is 4.98 Å². The van der Waals surface area contributed by atoms with E-state index in [-0.39, 0.29) is 10.9 Å². The second-order valence-corrected chi connectivity index (χ2v) is 7.16. The Labute approximate surface area is 126 Å². The van der Waals surface area contributed by atoms with Crippen LogP contribution >= 0.6 is 11.8 Å². The maximum absolute atomic E-state index is 12.7. The summed E-state index contributed by atoms with van der Waals surface area (Å²) in [5.74, 6) is -0.623. The summed E-state index contributed by atoms with van der Waals surface area (Å²) in [6.07, 6.45) is 5.21. The average molecular weight is 310 g/mol. The van der Waals surface area contributed by atoms with Crippen LogP contribution in [0.25, 0.3) is 0 Å². The second kappa shape index (κ2) is 4.93. The molecule has 4 unspecified atom stereocenters. The van der Waals surface area contributed by atoms with Crippen molar-refractivity contribution in [1.82, 2.24) is 9.88 Å². The molecule has 1 amide bonds. The van der Waals surface area contributed by atoms with Gasteiger partial charge < -0.3 is 4.90 Å². The lowest BCUT2D eigenvalue weighted by atomic mass is 9.76. The topological polar surface area (TPSA) is 33.2 Å². The first-order valence-corrected chi connectivity index (χ1v) is 8.24. The Morgan fingerprint density at radius 2 is 2.19 bits per heavy atom. The highest BCUT2D eigenvalue weighted by molar-refractivity contribution is 7.99. The van der Waals surface area contributed by atoms with Gasteiger partial charge in [-0.15, -0.1) is 0 Å². The summed E-state index contributed by atoms with van der Waals surface area (Å²) in [5, 5.41) is 0.143. The zero-order chi connectivity index (χ0) is 14.6. The van der Waals surface area contributed by atoms with Gasteiger partial charge in [-0.25, -0.2) is 4.98 Å². The van der Waals surface area contributed by atoms with E-state index >= 15 is 0 Å². The van der Waals surface area contributed by atoms with E-state index in [0.717, 1.165) is 12.5 Å². The van der Waals surface area contributed by atoms with Gasteiger partial charge in [-0.3, -0.25) is 4.79 Å². The molecule has 2 saturated carbocycles. The molecular weight excluding hydrogens is 294 g/mol. The van der Waals surface area contributed by atoms with Crippen molar-refractivity contribution in [3.8, 4) is 0 Å². The molecule has 3 fully saturated rings. The van der Waals surface area contributed by atoms with Crippen LogP contribution in [0.5, 0.6) is 0 Å². The zero-order valence-electron chi connectivity index (χ0n) is 11.4. The minimum atomic E-state index is -2.56. The van der Waals surface area contributed by atoms with Crippen molar-refractivity contribution in [3.05, 3.63) is 23.9 Å². The maximum atomic E-state index is 12.7. The van der Waals surface area contributed by atoms with Crippen LogP contribution in [0.1, 0.15) is 29.6 Å². The van der Waals surface area contributed by atoms with Gasteiger partial charge in [0.1, 0.15) is 5.03 Å². The lowest BCUT2D eigenvalue weighted by molar-refractivity contribution is -0.00938. The first kappa shape index (κ1) is 13.5. The third kappa shape index (κ3) is 2.06. The fraction of sp³-hybridized carbons (Fsp3) is 0.600. The Bertz CT molecular complexity index is 581. The van der Waals surface area contributed by atoms with E-state index < -0.39 is 5.76 Å². The molecule has 4 rings (SSSR count). The van der Waals surface area contributed by atoms with Gasteiger partial charge in [0.15, 0.2) is 0 Å². The number of hydrogen-bond acceptors (Lipinski definition) is 3. The molecule has 0 N–H and O–H groups in total.